The van der Waals surface area contributed by atoms with Gasteiger partial charge in [0.15, 0.2) is 5.84 Å². The number of dihydropyridines is 1. The number of aliphatic imine (C=N–C) groups is 1. The number of hydrogen-bond donors (Lipinski definition) is 1. The lowest BCUT2D eigenvalue weighted by molar-refractivity contribution is 0.0664. The highest BCUT2D eigenvalue weighted by Crippen LogP contribution is 2.35. The van der Waals surface area contributed by atoms with Gasteiger partial charge in [-0.25, -0.2) is 0 Å². The fraction of sp³-hybridized carbons (Fsp3) is 0.455. The first-order valence-electron chi connectivity index (χ1n) is 10.4. The van der Waals surface area contributed by atoms with Crippen LogP contribution < -0.4 is 5.32 Å². The van der Waals surface area contributed by atoms with E-state index >= 15 is 0 Å². The predicted octanol–water partition coefficient (Wildman–Crippen LogP) is 2.27. The summed E-state index contributed by atoms with van der Waals surface area (Å²) in [6, 6.07) is 9.23. The Labute approximate surface area is 170 Å². The van der Waals surface area contributed by atoms with Crippen molar-refractivity contribution in [2.75, 3.05) is 26.3 Å². The van der Waals surface area contributed by atoms with Crippen LogP contribution in [0.15, 0.2) is 57.3 Å². The van der Waals surface area contributed by atoms with Crippen molar-refractivity contribution < 1.29 is 9.53 Å². The first kappa shape index (κ1) is 18.2. The molecule has 1 aromatic rings. The Morgan fingerprint density at radius 1 is 1.17 bits per heavy atom. The quantitative estimate of drug-likeness (QED) is 0.855. The average Bonchev–Trinajstić information content (AvgIpc) is 3.59. The molecule has 0 spiro atoms. The van der Waals surface area contributed by atoms with Crippen molar-refractivity contribution in [3.63, 3.8) is 0 Å². The van der Waals surface area contributed by atoms with E-state index in [1.807, 2.05) is 36.5 Å². The third-order valence-corrected chi connectivity index (χ3v) is 5.79. The van der Waals surface area contributed by atoms with E-state index in [0.29, 0.717) is 24.7 Å². The highest BCUT2D eigenvalue weighted by atomic mass is 16.5. The first-order valence-corrected chi connectivity index (χ1v) is 10.4. The Hall–Kier alpha value is -2.80. The molecule has 2 fully saturated rings. The summed E-state index contributed by atoms with van der Waals surface area (Å²) in [5.41, 5.74) is 2.45. The molecule has 5 rings (SSSR count). The molecule has 0 aromatic heterocycles. The third-order valence-electron chi connectivity index (χ3n) is 5.79. The molecule has 1 saturated carbocycles. The topological polar surface area (TPSA) is 78.7 Å². The van der Waals surface area contributed by atoms with Crippen LogP contribution in [-0.4, -0.2) is 60.9 Å². The Kier molecular flexibility index (Phi) is 4.97. The number of nitrogens with zero attached hydrogens (tertiary/aromatic N) is 4. The molecule has 0 radical (unpaired) electrons. The second-order valence-corrected chi connectivity index (χ2v) is 7.97. The van der Waals surface area contributed by atoms with Crippen LogP contribution in [0.2, 0.25) is 0 Å². The van der Waals surface area contributed by atoms with Gasteiger partial charge >= 0.3 is 0 Å². The molecular formula is C22H25N5O2. The number of nitrogens with one attached hydrogen (secondary N) is 1. The number of allylic oxidation sites excluding steroid dienone is 1. The number of hydrogen-bond acceptors (Lipinski definition) is 6. The average molecular weight is 391 g/mol. The number of ether oxygens (including phenoxy) is 1. The summed E-state index contributed by atoms with van der Waals surface area (Å²) in [6.07, 6.45) is 7.31. The van der Waals surface area contributed by atoms with Gasteiger partial charge in [0.05, 0.1) is 24.6 Å². The zero-order valence-electron chi connectivity index (χ0n) is 16.3. The molecule has 1 aromatic carbocycles. The third kappa shape index (κ3) is 4.00. The summed E-state index contributed by atoms with van der Waals surface area (Å²) in [5, 5.41) is 11.8. The fourth-order valence-corrected chi connectivity index (χ4v) is 3.98. The number of carbonyl (C=O) groups excluding carboxylic acids is 1. The molecule has 1 saturated heterocycles. The van der Waals surface area contributed by atoms with Crippen molar-refractivity contribution >= 4 is 23.7 Å². The van der Waals surface area contributed by atoms with E-state index in [-0.39, 0.29) is 17.9 Å². The zero-order chi connectivity index (χ0) is 19.6. The standard InChI is InChI=1S/C22H25N5O2/c28-22(16-4-2-1-3-5-16)25-19-13-17-14-23-26-21(27-8-10-29-11-9-27)20(17)24-18(19)12-15-6-7-15/h1-5,13-15,17,20H,6-12H2,(H,25,28). The van der Waals surface area contributed by atoms with Crippen LogP contribution in [0.1, 0.15) is 29.6 Å². The van der Waals surface area contributed by atoms with Crippen LogP contribution in [0, 0.1) is 11.8 Å². The highest BCUT2D eigenvalue weighted by Gasteiger charge is 2.36. The van der Waals surface area contributed by atoms with Crippen LogP contribution in [0.3, 0.4) is 0 Å². The van der Waals surface area contributed by atoms with Gasteiger partial charge in [-0.1, -0.05) is 18.2 Å². The van der Waals surface area contributed by atoms with Crippen LogP contribution in [-0.2, 0) is 4.74 Å². The van der Waals surface area contributed by atoms with Gasteiger partial charge in [0, 0.05) is 30.8 Å². The second-order valence-electron chi connectivity index (χ2n) is 7.97. The van der Waals surface area contributed by atoms with E-state index in [1.165, 1.54) is 12.8 Å². The monoisotopic (exact) mass is 391 g/mol. The lowest BCUT2D eigenvalue weighted by Gasteiger charge is -2.36. The molecule has 150 valence electrons. The number of morpholine rings is 1. The molecule has 0 bridgehead atoms. The summed E-state index contributed by atoms with van der Waals surface area (Å²) in [6.45, 7) is 3.03. The first-order chi connectivity index (χ1) is 14.3. The van der Waals surface area contributed by atoms with Crippen molar-refractivity contribution in [1.82, 2.24) is 10.2 Å². The van der Waals surface area contributed by atoms with E-state index in [2.05, 4.69) is 26.5 Å². The summed E-state index contributed by atoms with van der Waals surface area (Å²) in [7, 11) is 0. The van der Waals surface area contributed by atoms with Crippen molar-refractivity contribution in [3.05, 3.63) is 47.7 Å². The summed E-state index contributed by atoms with van der Waals surface area (Å²) >= 11 is 0. The maximum atomic E-state index is 12.7. The van der Waals surface area contributed by atoms with Gasteiger partial charge < -0.3 is 15.0 Å². The number of fused-ring (bicyclic) bond motifs is 1. The molecule has 1 aliphatic carbocycles. The SMILES string of the molecule is O=C(NC1=CC2C=NN=C(N3CCOCC3)C2N=C1CC1CC1)c1ccccc1. The lowest BCUT2D eigenvalue weighted by atomic mass is 9.91. The molecular weight excluding hydrogens is 366 g/mol. The van der Waals surface area contributed by atoms with Crippen LogP contribution in [0.25, 0.3) is 0 Å². The van der Waals surface area contributed by atoms with Gasteiger partial charge in [-0.15, -0.1) is 5.10 Å². The van der Waals surface area contributed by atoms with E-state index in [0.717, 1.165) is 36.8 Å². The Morgan fingerprint density at radius 2 is 1.97 bits per heavy atom. The van der Waals surface area contributed by atoms with Crippen molar-refractivity contribution in [3.8, 4) is 0 Å². The van der Waals surface area contributed by atoms with Gasteiger partial charge in [0.2, 0.25) is 0 Å². The molecule has 3 heterocycles. The molecule has 7 nitrogen and oxygen atoms in total. The zero-order valence-corrected chi connectivity index (χ0v) is 16.3. The predicted molar refractivity (Wildman–Crippen MR) is 112 cm³/mol. The van der Waals surface area contributed by atoms with E-state index < -0.39 is 0 Å². The van der Waals surface area contributed by atoms with Crippen molar-refractivity contribution in [1.29, 1.82) is 0 Å². The van der Waals surface area contributed by atoms with Gasteiger partial charge in [-0.2, -0.15) is 5.10 Å². The minimum Gasteiger partial charge on any atom is -0.378 e. The molecule has 1 amide bonds. The van der Waals surface area contributed by atoms with Crippen molar-refractivity contribution in [2.45, 2.75) is 25.3 Å². The Morgan fingerprint density at radius 3 is 2.72 bits per heavy atom. The maximum absolute atomic E-state index is 12.7. The van der Waals surface area contributed by atoms with Crippen molar-refractivity contribution in [2.24, 2.45) is 27.0 Å². The molecule has 2 unspecified atom stereocenters. The summed E-state index contributed by atoms with van der Waals surface area (Å²) in [5.74, 6) is 1.48. The number of amides is 1. The smallest absolute Gasteiger partial charge is 0.255 e. The summed E-state index contributed by atoms with van der Waals surface area (Å²) in [4.78, 5) is 20.1. The lowest BCUT2D eigenvalue weighted by Crippen LogP contribution is -2.50. The fourth-order valence-electron chi connectivity index (χ4n) is 3.98. The number of benzene rings is 1. The molecule has 7 heteroatoms. The molecule has 4 aliphatic rings. The molecule has 29 heavy (non-hydrogen) atoms. The largest absolute Gasteiger partial charge is 0.378 e. The van der Waals surface area contributed by atoms with Gasteiger partial charge in [-0.05, 0) is 43.4 Å². The molecule has 2 atom stereocenters. The van der Waals surface area contributed by atoms with Crippen LogP contribution in [0.5, 0.6) is 0 Å². The van der Waals surface area contributed by atoms with Gasteiger partial charge in [0.25, 0.3) is 5.91 Å². The minimum atomic E-state index is -0.103. The number of rotatable bonds is 4. The number of amidine groups is 1. The van der Waals surface area contributed by atoms with Crippen LogP contribution in [0.4, 0.5) is 0 Å². The number of carbonyl (C=O) groups is 1. The second kappa shape index (κ2) is 7.91. The van der Waals surface area contributed by atoms with E-state index in [9.17, 15) is 4.79 Å². The maximum Gasteiger partial charge on any atom is 0.255 e. The minimum absolute atomic E-state index is 0.000582. The summed E-state index contributed by atoms with van der Waals surface area (Å²) < 4.78 is 5.48. The Balaban J connectivity index is 1.40. The van der Waals surface area contributed by atoms with E-state index in [4.69, 9.17) is 9.73 Å². The normalized spacial score (nSPS) is 26.2. The highest BCUT2D eigenvalue weighted by molar-refractivity contribution is 6.09. The van der Waals surface area contributed by atoms with Gasteiger partial charge in [-0.3, -0.25) is 9.79 Å². The van der Waals surface area contributed by atoms with Crippen LogP contribution >= 0.6 is 0 Å². The molecule has 1 N–H and O–H groups in total. The molecule has 3 aliphatic heterocycles. The van der Waals surface area contributed by atoms with E-state index in [1.54, 1.807) is 0 Å². The Bertz CT molecular complexity index is 895. The van der Waals surface area contributed by atoms with Gasteiger partial charge in [0.1, 0.15) is 6.04 Å².